The molecule has 0 aromatic carbocycles. The Bertz CT molecular complexity index is 162. The van der Waals surface area contributed by atoms with Crippen molar-refractivity contribution in [3.05, 3.63) is 0 Å². The molecule has 0 unspecified atom stereocenters. The third-order valence-electron chi connectivity index (χ3n) is 1.88. The second-order valence-electron chi connectivity index (χ2n) is 2.81. The summed E-state index contributed by atoms with van der Waals surface area (Å²) in [6.07, 6.45) is 0. The van der Waals surface area contributed by atoms with Crippen LogP contribution in [-0.4, -0.2) is 53.0 Å². The van der Waals surface area contributed by atoms with E-state index in [1.165, 1.54) is 11.5 Å². The van der Waals surface area contributed by atoms with Gasteiger partial charge >= 0.3 is 5.97 Å². The molecule has 13 heavy (non-hydrogen) atoms. The summed E-state index contributed by atoms with van der Waals surface area (Å²) in [5.74, 6) is 2.31. The molecular weight excluding hydrogens is 301 g/mol. The quantitative estimate of drug-likeness (QED) is 0.440. The van der Waals surface area contributed by atoms with Gasteiger partial charge in [0.25, 0.3) is 0 Å². The van der Waals surface area contributed by atoms with Crippen LogP contribution in [0, 0.1) is 0 Å². The van der Waals surface area contributed by atoms with Crippen molar-refractivity contribution in [2.45, 2.75) is 0 Å². The molecular formula is C8H14INO2S. The second-order valence-corrected chi connectivity index (χ2v) is 4.80. The molecule has 0 saturated carbocycles. The molecule has 0 aliphatic carbocycles. The number of hydrogen-bond donors (Lipinski definition) is 0. The van der Waals surface area contributed by atoms with E-state index in [1.54, 1.807) is 0 Å². The monoisotopic (exact) mass is 315 g/mol. The summed E-state index contributed by atoms with van der Waals surface area (Å²) in [5, 5.41) is 0. The molecule has 0 aromatic heterocycles. The highest BCUT2D eigenvalue weighted by Gasteiger charge is 2.10. The number of halogens is 1. The van der Waals surface area contributed by atoms with E-state index in [4.69, 9.17) is 4.74 Å². The first kappa shape index (κ1) is 11.6. The molecule has 1 aliphatic heterocycles. The summed E-state index contributed by atoms with van der Waals surface area (Å²) in [4.78, 5) is 13.1. The third kappa shape index (κ3) is 5.07. The summed E-state index contributed by atoms with van der Waals surface area (Å²) in [6, 6.07) is 0. The number of ether oxygens (including phenoxy) is 1. The summed E-state index contributed by atoms with van der Waals surface area (Å²) >= 11 is 4.01. The van der Waals surface area contributed by atoms with Gasteiger partial charge in [-0.2, -0.15) is 11.8 Å². The predicted octanol–water partition coefficient (Wildman–Crippen LogP) is 1.01. The predicted molar refractivity (Wildman–Crippen MR) is 63.6 cm³/mol. The van der Waals surface area contributed by atoms with Crippen LogP contribution in [0.1, 0.15) is 0 Å². The first-order valence-corrected chi connectivity index (χ1v) is 7.02. The zero-order chi connectivity index (χ0) is 9.52. The molecule has 1 aliphatic rings. The van der Waals surface area contributed by atoms with E-state index in [1.807, 2.05) is 34.4 Å². The van der Waals surface area contributed by atoms with Crippen molar-refractivity contribution < 1.29 is 9.53 Å². The molecule has 0 radical (unpaired) electrons. The molecule has 1 saturated heterocycles. The maximum atomic E-state index is 10.8. The zero-order valence-electron chi connectivity index (χ0n) is 7.50. The maximum Gasteiger partial charge on any atom is 0.315 e. The summed E-state index contributed by atoms with van der Waals surface area (Å²) in [6.45, 7) is 3.70. The minimum absolute atomic E-state index is 0.105. The van der Waals surface area contributed by atoms with Crippen molar-refractivity contribution in [3.8, 4) is 0 Å². The number of carbonyl (C=O) groups is 1. The highest BCUT2D eigenvalue weighted by atomic mass is 127. The average Bonchev–Trinajstić information content (AvgIpc) is 2.19. The van der Waals surface area contributed by atoms with Crippen LogP contribution in [-0.2, 0) is 9.53 Å². The summed E-state index contributed by atoms with van der Waals surface area (Å²) in [5.41, 5.74) is 0. The van der Waals surface area contributed by atoms with Gasteiger partial charge in [0, 0.05) is 31.1 Å². The zero-order valence-corrected chi connectivity index (χ0v) is 10.5. The van der Waals surface area contributed by atoms with Gasteiger partial charge in [0.15, 0.2) is 0 Å². The van der Waals surface area contributed by atoms with Crippen LogP contribution in [0.25, 0.3) is 0 Å². The minimum atomic E-state index is -0.105. The molecule has 0 atom stereocenters. The number of esters is 1. The van der Waals surface area contributed by atoms with Gasteiger partial charge in [-0.05, 0) is 0 Å². The minimum Gasteiger partial charge on any atom is -0.464 e. The van der Waals surface area contributed by atoms with Crippen LogP contribution in [0.4, 0.5) is 0 Å². The topological polar surface area (TPSA) is 29.5 Å². The van der Waals surface area contributed by atoms with Crippen molar-refractivity contribution in [1.82, 2.24) is 4.90 Å². The number of carbonyl (C=O) groups excluding carboxylic acids is 1. The lowest BCUT2D eigenvalue weighted by atomic mass is 10.5. The van der Waals surface area contributed by atoms with Gasteiger partial charge in [-0.3, -0.25) is 9.69 Å². The molecule has 0 amide bonds. The molecule has 76 valence electrons. The van der Waals surface area contributed by atoms with Crippen LogP contribution in [0.5, 0.6) is 0 Å². The van der Waals surface area contributed by atoms with E-state index in [-0.39, 0.29) is 5.97 Å². The van der Waals surface area contributed by atoms with Gasteiger partial charge in [-0.1, -0.05) is 22.6 Å². The van der Waals surface area contributed by atoms with E-state index in [2.05, 4.69) is 4.90 Å². The number of hydrogen-bond acceptors (Lipinski definition) is 4. The van der Waals surface area contributed by atoms with Gasteiger partial charge in [0.1, 0.15) is 6.61 Å². The summed E-state index contributed by atoms with van der Waals surface area (Å²) < 4.78 is 5.45. The molecule has 0 N–H and O–H groups in total. The Morgan fingerprint density at radius 2 is 2.15 bits per heavy atom. The Balaban J connectivity index is 2.01. The first-order valence-electron chi connectivity index (χ1n) is 4.34. The number of thioether (sulfide) groups is 1. The van der Waals surface area contributed by atoms with Gasteiger partial charge in [-0.15, -0.1) is 0 Å². The Morgan fingerprint density at radius 1 is 1.46 bits per heavy atom. The molecule has 5 heteroatoms. The molecule has 0 bridgehead atoms. The Hall–Kier alpha value is 0.510. The van der Waals surface area contributed by atoms with Gasteiger partial charge in [0.05, 0.1) is 4.43 Å². The third-order valence-corrected chi connectivity index (χ3v) is 3.45. The van der Waals surface area contributed by atoms with Gasteiger partial charge < -0.3 is 4.74 Å². The number of rotatable bonds is 4. The van der Waals surface area contributed by atoms with Crippen LogP contribution >= 0.6 is 34.4 Å². The maximum absolute atomic E-state index is 10.8. The second kappa shape index (κ2) is 6.89. The van der Waals surface area contributed by atoms with E-state index in [0.717, 1.165) is 19.6 Å². The van der Waals surface area contributed by atoms with Crippen LogP contribution in [0.3, 0.4) is 0 Å². The highest BCUT2D eigenvalue weighted by Crippen LogP contribution is 2.08. The SMILES string of the molecule is O=C(CI)OCCN1CCSCC1. The molecule has 0 aromatic rings. The smallest absolute Gasteiger partial charge is 0.315 e. The van der Waals surface area contributed by atoms with Crippen molar-refractivity contribution in [2.75, 3.05) is 42.2 Å². The Labute approximate surface area is 96.7 Å². The van der Waals surface area contributed by atoms with E-state index >= 15 is 0 Å². The van der Waals surface area contributed by atoms with E-state index in [0.29, 0.717) is 11.0 Å². The van der Waals surface area contributed by atoms with Gasteiger partial charge in [-0.25, -0.2) is 0 Å². The average molecular weight is 315 g/mol. The molecule has 3 nitrogen and oxygen atoms in total. The normalized spacial score (nSPS) is 18.5. The first-order chi connectivity index (χ1) is 6.33. The Morgan fingerprint density at radius 3 is 2.77 bits per heavy atom. The largest absolute Gasteiger partial charge is 0.464 e. The lowest BCUT2D eigenvalue weighted by Gasteiger charge is -2.25. The fourth-order valence-electron chi connectivity index (χ4n) is 1.15. The Kier molecular flexibility index (Phi) is 6.14. The standard InChI is InChI=1S/C8H14INO2S/c9-7-8(11)12-4-1-10-2-5-13-6-3-10/h1-7H2. The number of alkyl halides is 1. The van der Waals surface area contributed by atoms with E-state index in [9.17, 15) is 4.79 Å². The lowest BCUT2D eigenvalue weighted by molar-refractivity contribution is -0.140. The molecule has 1 rings (SSSR count). The summed E-state index contributed by atoms with van der Waals surface area (Å²) in [7, 11) is 0. The number of nitrogens with zero attached hydrogens (tertiary/aromatic N) is 1. The fourth-order valence-corrected chi connectivity index (χ4v) is 2.35. The molecule has 1 fully saturated rings. The van der Waals surface area contributed by atoms with Crippen molar-refractivity contribution >= 4 is 40.3 Å². The van der Waals surface area contributed by atoms with Crippen molar-refractivity contribution in [2.24, 2.45) is 0 Å². The van der Waals surface area contributed by atoms with Gasteiger partial charge in [0.2, 0.25) is 0 Å². The van der Waals surface area contributed by atoms with Crippen molar-refractivity contribution in [1.29, 1.82) is 0 Å². The van der Waals surface area contributed by atoms with E-state index < -0.39 is 0 Å². The molecule has 0 spiro atoms. The van der Waals surface area contributed by atoms with Crippen LogP contribution in [0.2, 0.25) is 0 Å². The highest BCUT2D eigenvalue weighted by molar-refractivity contribution is 14.1. The molecule has 1 heterocycles. The van der Waals surface area contributed by atoms with Crippen molar-refractivity contribution in [3.63, 3.8) is 0 Å². The van der Waals surface area contributed by atoms with Crippen LogP contribution < -0.4 is 0 Å². The lowest BCUT2D eigenvalue weighted by Crippen LogP contribution is -2.35. The van der Waals surface area contributed by atoms with Crippen LogP contribution in [0.15, 0.2) is 0 Å². The fraction of sp³-hybridized carbons (Fsp3) is 0.875.